The number of carbonyl (C=O) groups is 1. The molecule has 7 heteroatoms. The predicted octanol–water partition coefficient (Wildman–Crippen LogP) is 3.95. The Hall–Kier alpha value is -1.89. The van der Waals surface area contributed by atoms with Gasteiger partial charge < -0.3 is 4.90 Å². The lowest BCUT2D eigenvalue weighted by Crippen LogP contribution is -2.50. The number of nitrogens with zero attached hydrogens (tertiary/aromatic N) is 5. The summed E-state index contributed by atoms with van der Waals surface area (Å²) in [5.41, 5.74) is 1.04. The van der Waals surface area contributed by atoms with Gasteiger partial charge in [0.15, 0.2) is 11.0 Å². The van der Waals surface area contributed by atoms with E-state index < -0.39 is 0 Å². The number of rotatable bonds is 5. The minimum absolute atomic E-state index is 0.275. The van der Waals surface area contributed by atoms with Crippen molar-refractivity contribution < 1.29 is 4.79 Å². The number of hydrogen-bond donors (Lipinski definition) is 0. The van der Waals surface area contributed by atoms with E-state index in [2.05, 4.69) is 24.6 Å². The van der Waals surface area contributed by atoms with Gasteiger partial charge in [-0.2, -0.15) is 0 Å². The molecule has 0 unspecified atom stereocenters. The number of piperidine rings is 1. The second kappa shape index (κ2) is 7.85. The molecule has 0 aromatic carbocycles. The Labute approximate surface area is 170 Å². The molecular weight excluding hydrogens is 370 g/mol. The van der Waals surface area contributed by atoms with Crippen LogP contribution in [0.25, 0.3) is 11.4 Å². The second-order valence-electron chi connectivity index (χ2n) is 8.27. The first-order valence-corrected chi connectivity index (χ1v) is 11.6. The van der Waals surface area contributed by atoms with Crippen molar-refractivity contribution in [1.29, 1.82) is 0 Å². The van der Waals surface area contributed by atoms with Gasteiger partial charge in [0.1, 0.15) is 0 Å². The van der Waals surface area contributed by atoms with Crippen LogP contribution in [0.2, 0.25) is 0 Å². The average Bonchev–Trinajstić information content (AvgIpc) is 3.51. The molecular formula is C21H27N5OS. The molecule has 0 radical (unpaired) electrons. The molecule has 1 amide bonds. The van der Waals surface area contributed by atoms with Crippen LogP contribution in [0.15, 0.2) is 29.7 Å². The summed E-state index contributed by atoms with van der Waals surface area (Å²) in [5.74, 6) is 2.36. The zero-order chi connectivity index (χ0) is 18.9. The number of carbonyl (C=O) groups excluding carboxylic acids is 1. The highest BCUT2D eigenvalue weighted by atomic mass is 32.2. The fourth-order valence-electron chi connectivity index (χ4n) is 4.88. The van der Waals surface area contributed by atoms with Crippen LogP contribution in [-0.2, 0) is 4.79 Å². The molecule has 0 N–H and O–H groups in total. The Morgan fingerprint density at radius 3 is 2.64 bits per heavy atom. The van der Waals surface area contributed by atoms with Crippen molar-refractivity contribution >= 4 is 17.7 Å². The molecule has 5 rings (SSSR count). The van der Waals surface area contributed by atoms with Gasteiger partial charge in [-0.1, -0.05) is 24.6 Å². The largest absolute Gasteiger partial charge is 0.339 e. The summed E-state index contributed by atoms with van der Waals surface area (Å²) in [5, 5.41) is 9.76. The molecule has 6 nitrogen and oxygen atoms in total. The van der Waals surface area contributed by atoms with Gasteiger partial charge in [0.25, 0.3) is 0 Å². The zero-order valence-electron chi connectivity index (χ0n) is 16.2. The van der Waals surface area contributed by atoms with E-state index in [1.807, 2.05) is 12.1 Å². The number of thioether (sulfide) groups is 1. The smallest absolute Gasteiger partial charge is 0.233 e. The van der Waals surface area contributed by atoms with Gasteiger partial charge in [-0.3, -0.25) is 14.3 Å². The lowest BCUT2D eigenvalue weighted by Gasteiger charge is -2.44. The topological polar surface area (TPSA) is 63.9 Å². The van der Waals surface area contributed by atoms with E-state index in [0.717, 1.165) is 48.3 Å². The summed E-state index contributed by atoms with van der Waals surface area (Å²) in [7, 11) is 0. The maximum absolute atomic E-state index is 13.0. The maximum atomic E-state index is 13.0. The molecule has 3 aliphatic rings. The molecule has 2 atom stereocenters. The van der Waals surface area contributed by atoms with Gasteiger partial charge in [-0.15, -0.1) is 10.2 Å². The van der Waals surface area contributed by atoms with Crippen molar-refractivity contribution in [2.24, 2.45) is 5.92 Å². The first-order valence-electron chi connectivity index (χ1n) is 10.6. The van der Waals surface area contributed by atoms with Crippen LogP contribution in [0.5, 0.6) is 0 Å². The van der Waals surface area contributed by atoms with Crippen molar-refractivity contribution in [2.75, 3.05) is 12.3 Å². The highest BCUT2D eigenvalue weighted by molar-refractivity contribution is 7.99. The van der Waals surface area contributed by atoms with Crippen LogP contribution in [0, 0.1) is 5.92 Å². The average molecular weight is 398 g/mol. The van der Waals surface area contributed by atoms with E-state index in [1.165, 1.54) is 32.1 Å². The molecule has 1 saturated heterocycles. The lowest BCUT2D eigenvalue weighted by molar-refractivity contribution is -0.134. The molecule has 2 aromatic heterocycles. The highest BCUT2D eigenvalue weighted by Gasteiger charge is 2.36. The van der Waals surface area contributed by atoms with Crippen molar-refractivity contribution in [3.8, 4) is 11.4 Å². The minimum atomic E-state index is 0.275. The lowest BCUT2D eigenvalue weighted by atomic mass is 9.78. The Morgan fingerprint density at radius 1 is 1.04 bits per heavy atom. The van der Waals surface area contributed by atoms with E-state index in [-0.39, 0.29) is 5.91 Å². The van der Waals surface area contributed by atoms with E-state index in [0.29, 0.717) is 17.8 Å². The summed E-state index contributed by atoms with van der Waals surface area (Å²) in [6.07, 6.45) is 13.4. The molecule has 3 heterocycles. The first kappa shape index (κ1) is 18.2. The Bertz CT molecular complexity index is 833. The summed E-state index contributed by atoms with van der Waals surface area (Å²) in [6, 6.07) is 4.89. The molecule has 28 heavy (non-hydrogen) atoms. The fraction of sp³-hybridized carbons (Fsp3) is 0.619. The van der Waals surface area contributed by atoms with E-state index >= 15 is 0 Å². The quantitative estimate of drug-likeness (QED) is 0.715. The molecule has 2 aromatic rings. The Morgan fingerprint density at radius 2 is 1.82 bits per heavy atom. The van der Waals surface area contributed by atoms with Crippen molar-refractivity contribution in [3.05, 3.63) is 24.5 Å². The van der Waals surface area contributed by atoms with Crippen LogP contribution >= 0.6 is 11.8 Å². The van der Waals surface area contributed by atoms with Gasteiger partial charge in [-0.25, -0.2) is 0 Å². The molecule has 0 spiro atoms. The molecule has 0 bridgehead atoms. The fourth-order valence-corrected chi connectivity index (χ4v) is 5.77. The maximum Gasteiger partial charge on any atom is 0.233 e. The zero-order valence-corrected chi connectivity index (χ0v) is 17.0. The number of hydrogen-bond acceptors (Lipinski definition) is 5. The number of aromatic nitrogens is 4. The van der Waals surface area contributed by atoms with Crippen LogP contribution in [-0.4, -0.2) is 48.9 Å². The molecule has 2 saturated carbocycles. The van der Waals surface area contributed by atoms with E-state index in [1.54, 1.807) is 24.2 Å². The molecule has 3 fully saturated rings. The standard InChI is InChI=1S/C21H27N5OS/c27-19(25-13-3-5-15-4-1-2-6-18(15)25)14-28-21-24-23-20(26(21)17-7-8-17)16-9-11-22-12-10-16/h9-12,15,17-18H,1-8,13-14H2/t15-,18-/m1/s1. The van der Waals surface area contributed by atoms with Gasteiger partial charge in [0.05, 0.1) is 5.75 Å². The summed E-state index contributed by atoms with van der Waals surface area (Å²) < 4.78 is 2.23. The van der Waals surface area contributed by atoms with Crippen molar-refractivity contribution in [2.45, 2.75) is 68.6 Å². The molecule has 1 aliphatic heterocycles. The summed E-state index contributed by atoms with van der Waals surface area (Å²) in [6.45, 7) is 0.929. The molecule has 148 valence electrons. The van der Waals surface area contributed by atoms with Gasteiger partial charge in [0, 0.05) is 36.6 Å². The number of likely N-dealkylation sites (tertiary alicyclic amines) is 1. The molecule has 2 aliphatic carbocycles. The Kier molecular flexibility index (Phi) is 5.09. The SMILES string of the molecule is O=C(CSc1nnc(-c2ccncc2)n1C1CC1)N1CCC[C@H]2CCCC[C@H]21. The van der Waals surface area contributed by atoms with Gasteiger partial charge in [0.2, 0.25) is 5.91 Å². The number of pyridine rings is 1. The third kappa shape index (κ3) is 3.56. The number of fused-ring (bicyclic) bond motifs is 1. The highest BCUT2D eigenvalue weighted by Crippen LogP contribution is 2.41. The second-order valence-corrected chi connectivity index (χ2v) is 9.22. The third-order valence-corrected chi connectivity index (χ3v) is 7.33. The first-order chi connectivity index (χ1) is 13.8. The van der Waals surface area contributed by atoms with Crippen LogP contribution in [0.3, 0.4) is 0 Å². The van der Waals surface area contributed by atoms with Gasteiger partial charge in [-0.05, 0) is 56.6 Å². The summed E-state index contributed by atoms with van der Waals surface area (Å²) >= 11 is 1.55. The monoisotopic (exact) mass is 397 g/mol. The van der Waals surface area contributed by atoms with Crippen LogP contribution in [0.1, 0.15) is 57.4 Å². The Balaban J connectivity index is 1.30. The van der Waals surface area contributed by atoms with Crippen LogP contribution in [0.4, 0.5) is 0 Å². The van der Waals surface area contributed by atoms with Crippen molar-refractivity contribution in [1.82, 2.24) is 24.6 Å². The number of amides is 1. The normalized spacial score (nSPS) is 24.8. The summed E-state index contributed by atoms with van der Waals surface area (Å²) in [4.78, 5) is 19.3. The third-order valence-electron chi connectivity index (χ3n) is 6.40. The van der Waals surface area contributed by atoms with Gasteiger partial charge >= 0.3 is 0 Å². The minimum Gasteiger partial charge on any atom is -0.339 e. The predicted molar refractivity (Wildman–Crippen MR) is 109 cm³/mol. The van der Waals surface area contributed by atoms with Crippen LogP contribution < -0.4 is 0 Å². The van der Waals surface area contributed by atoms with E-state index in [9.17, 15) is 4.79 Å². The van der Waals surface area contributed by atoms with E-state index in [4.69, 9.17) is 0 Å². The van der Waals surface area contributed by atoms with Crippen molar-refractivity contribution in [3.63, 3.8) is 0 Å².